The molecule has 4 rings (SSSR count). The molecule has 1 atom stereocenters. The van der Waals surface area contributed by atoms with Gasteiger partial charge in [0.2, 0.25) is 5.91 Å². The molecule has 0 aliphatic carbocycles. The first kappa shape index (κ1) is 16.9. The fourth-order valence-corrected chi connectivity index (χ4v) is 3.34. The van der Waals surface area contributed by atoms with E-state index >= 15 is 0 Å². The summed E-state index contributed by atoms with van der Waals surface area (Å²) in [6.45, 7) is 7.65. The topological polar surface area (TPSA) is 79.1 Å². The van der Waals surface area contributed by atoms with Crippen molar-refractivity contribution in [1.29, 1.82) is 0 Å². The zero-order valence-corrected chi connectivity index (χ0v) is 14.7. The number of benzene rings is 1. The van der Waals surface area contributed by atoms with Gasteiger partial charge in [-0.25, -0.2) is 4.85 Å². The maximum atomic E-state index is 13.0. The van der Waals surface area contributed by atoms with Crippen LogP contribution in [0.3, 0.4) is 0 Å². The highest BCUT2D eigenvalue weighted by atomic mass is 16.2. The zero-order chi connectivity index (χ0) is 18.6. The van der Waals surface area contributed by atoms with Gasteiger partial charge in [0.05, 0.1) is 6.57 Å². The summed E-state index contributed by atoms with van der Waals surface area (Å²) in [5, 5.41) is 7.15. The number of rotatable bonds is 4. The number of nitrogens with zero attached hydrogens (tertiary/aromatic N) is 5. The normalized spacial score (nSPS) is 16.9. The van der Waals surface area contributed by atoms with E-state index in [1.807, 2.05) is 24.3 Å². The maximum absolute atomic E-state index is 13.0. The van der Waals surface area contributed by atoms with E-state index in [2.05, 4.69) is 25.0 Å². The third-order valence-corrected chi connectivity index (χ3v) is 4.77. The Labute approximate surface area is 156 Å². The number of carbonyl (C=O) groups is 1. The van der Waals surface area contributed by atoms with Crippen molar-refractivity contribution in [3.8, 4) is 11.4 Å². The van der Waals surface area contributed by atoms with Crippen molar-refractivity contribution >= 4 is 17.5 Å². The predicted molar refractivity (Wildman–Crippen MR) is 101 cm³/mol. The summed E-state index contributed by atoms with van der Waals surface area (Å²) in [7, 11) is 0. The van der Waals surface area contributed by atoms with Gasteiger partial charge in [-0.2, -0.15) is 4.98 Å². The largest absolute Gasteiger partial charge is 0.279 e. The lowest BCUT2D eigenvalue weighted by Gasteiger charge is -2.30. The van der Waals surface area contributed by atoms with Crippen LogP contribution in [0, 0.1) is 12.5 Å². The molecule has 3 aromatic rings. The van der Waals surface area contributed by atoms with Crippen LogP contribution in [-0.4, -0.2) is 32.6 Å². The van der Waals surface area contributed by atoms with Crippen LogP contribution >= 0.6 is 0 Å². The van der Waals surface area contributed by atoms with Gasteiger partial charge in [-0.15, -0.1) is 5.10 Å². The monoisotopic (exact) mass is 358 g/mol. The van der Waals surface area contributed by atoms with E-state index in [9.17, 15) is 4.79 Å². The van der Waals surface area contributed by atoms with Crippen molar-refractivity contribution in [2.45, 2.75) is 19.3 Å². The highest BCUT2D eigenvalue weighted by Gasteiger charge is 2.31. The second-order valence-corrected chi connectivity index (χ2v) is 6.53. The van der Waals surface area contributed by atoms with Crippen molar-refractivity contribution in [2.24, 2.45) is 5.92 Å². The van der Waals surface area contributed by atoms with Crippen LogP contribution in [0.15, 0.2) is 48.8 Å². The third kappa shape index (κ3) is 3.55. The van der Waals surface area contributed by atoms with Gasteiger partial charge < -0.3 is 0 Å². The molecule has 1 unspecified atom stereocenters. The summed E-state index contributed by atoms with van der Waals surface area (Å²) in [5.74, 6) is 0.994. The summed E-state index contributed by atoms with van der Waals surface area (Å²) >= 11 is 0. The summed E-state index contributed by atoms with van der Waals surface area (Å²) in [4.78, 5) is 26.5. The number of hydrogen-bond acceptors (Lipinski definition) is 4. The lowest BCUT2D eigenvalue weighted by Crippen LogP contribution is -2.42. The van der Waals surface area contributed by atoms with Crippen molar-refractivity contribution in [3.05, 3.63) is 65.8 Å². The van der Waals surface area contributed by atoms with Crippen LogP contribution in [0.2, 0.25) is 0 Å². The van der Waals surface area contributed by atoms with Gasteiger partial charge >= 0.3 is 0 Å². The quantitative estimate of drug-likeness (QED) is 0.725. The first-order valence-corrected chi connectivity index (χ1v) is 8.85. The van der Waals surface area contributed by atoms with E-state index in [-0.39, 0.29) is 11.8 Å². The molecule has 3 heterocycles. The predicted octanol–water partition coefficient (Wildman–Crippen LogP) is 3.40. The molecular formula is C20H18N6O. The molecule has 0 radical (unpaired) electrons. The van der Waals surface area contributed by atoms with Crippen LogP contribution < -0.4 is 4.90 Å². The first-order valence-electron chi connectivity index (χ1n) is 8.85. The summed E-state index contributed by atoms with van der Waals surface area (Å²) in [6, 6.07) is 11.1. The zero-order valence-electron chi connectivity index (χ0n) is 14.7. The number of H-pyrrole nitrogens is 1. The Morgan fingerprint density at radius 3 is 2.70 bits per heavy atom. The number of pyridine rings is 1. The number of carbonyl (C=O) groups excluding carboxylic acids is 1. The van der Waals surface area contributed by atoms with Crippen molar-refractivity contribution in [1.82, 2.24) is 20.2 Å². The van der Waals surface area contributed by atoms with E-state index < -0.39 is 0 Å². The van der Waals surface area contributed by atoms with Gasteiger partial charge in [0.1, 0.15) is 0 Å². The molecule has 1 aromatic carbocycles. The fraction of sp³-hybridized carbons (Fsp3) is 0.250. The number of aromatic nitrogens is 4. The van der Waals surface area contributed by atoms with Crippen molar-refractivity contribution in [2.75, 3.05) is 11.4 Å². The third-order valence-electron chi connectivity index (χ3n) is 4.77. The Morgan fingerprint density at radius 2 is 1.96 bits per heavy atom. The average Bonchev–Trinajstić information content (AvgIpc) is 3.21. The molecule has 2 aromatic heterocycles. The summed E-state index contributed by atoms with van der Waals surface area (Å²) < 4.78 is 0. The van der Waals surface area contributed by atoms with Gasteiger partial charge in [-0.3, -0.25) is 19.8 Å². The molecule has 7 heteroatoms. The minimum Gasteiger partial charge on any atom is -0.279 e. The van der Waals surface area contributed by atoms with Crippen molar-refractivity contribution in [3.63, 3.8) is 0 Å². The lowest BCUT2D eigenvalue weighted by atomic mass is 9.90. The molecule has 0 bridgehead atoms. The average molecular weight is 358 g/mol. The molecule has 0 saturated carbocycles. The Hall–Kier alpha value is -3.53. The van der Waals surface area contributed by atoms with Gasteiger partial charge in [-0.05, 0) is 37.0 Å². The van der Waals surface area contributed by atoms with E-state index in [1.54, 1.807) is 29.4 Å². The Balaban J connectivity index is 1.50. The molecule has 0 spiro atoms. The standard InChI is InChI=1S/C20H18N6O/c1-21-17-6-4-14(5-7-17)13-16-3-2-12-26(19(16)27)20-23-18(24-25-20)15-8-10-22-11-9-15/h4-11,16H,2-3,12-13H2,(H,23,24,25). The number of hydrogen-bond donors (Lipinski definition) is 1. The molecule has 1 aliphatic rings. The van der Waals surface area contributed by atoms with E-state index in [1.165, 1.54) is 0 Å². The Kier molecular flexibility index (Phi) is 4.62. The minimum absolute atomic E-state index is 0.0517. The molecule has 1 N–H and O–H groups in total. The van der Waals surface area contributed by atoms with Gasteiger partial charge in [0.25, 0.3) is 5.95 Å². The molecular weight excluding hydrogens is 340 g/mol. The second kappa shape index (κ2) is 7.38. The van der Waals surface area contributed by atoms with Crippen LogP contribution in [0.25, 0.3) is 16.2 Å². The fourth-order valence-electron chi connectivity index (χ4n) is 3.34. The number of piperidine rings is 1. The number of anilines is 1. The summed E-state index contributed by atoms with van der Waals surface area (Å²) in [5.41, 5.74) is 2.56. The van der Waals surface area contributed by atoms with E-state index in [0.717, 1.165) is 24.0 Å². The van der Waals surface area contributed by atoms with Crippen molar-refractivity contribution < 1.29 is 4.79 Å². The van der Waals surface area contributed by atoms with Crippen LogP contribution in [0.5, 0.6) is 0 Å². The van der Waals surface area contributed by atoms with Gasteiger partial charge in [0.15, 0.2) is 11.5 Å². The molecule has 1 saturated heterocycles. The maximum Gasteiger partial charge on any atom is 0.251 e. The second-order valence-electron chi connectivity index (χ2n) is 6.53. The SMILES string of the molecule is [C-]#[N+]c1ccc(CC2CCCN(c3n[nH]c(-c4ccncc4)n3)C2=O)cc1. The molecule has 1 amide bonds. The highest BCUT2D eigenvalue weighted by molar-refractivity contribution is 5.94. The van der Waals surface area contributed by atoms with Gasteiger partial charge in [0, 0.05) is 30.4 Å². The Morgan fingerprint density at radius 1 is 1.19 bits per heavy atom. The first-order chi connectivity index (χ1) is 13.2. The number of nitrogens with one attached hydrogen (secondary N) is 1. The number of aromatic amines is 1. The molecule has 7 nitrogen and oxygen atoms in total. The van der Waals surface area contributed by atoms with Crippen LogP contribution in [0.4, 0.5) is 11.6 Å². The molecule has 27 heavy (non-hydrogen) atoms. The molecule has 1 fully saturated rings. The number of amides is 1. The van der Waals surface area contributed by atoms with Crippen LogP contribution in [-0.2, 0) is 11.2 Å². The molecule has 134 valence electrons. The van der Waals surface area contributed by atoms with E-state index in [0.29, 0.717) is 30.4 Å². The highest BCUT2D eigenvalue weighted by Crippen LogP contribution is 2.26. The summed E-state index contributed by atoms with van der Waals surface area (Å²) in [6.07, 6.45) is 5.81. The van der Waals surface area contributed by atoms with Gasteiger partial charge in [-0.1, -0.05) is 24.3 Å². The lowest BCUT2D eigenvalue weighted by molar-refractivity contribution is -0.123. The minimum atomic E-state index is -0.0968. The smallest absolute Gasteiger partial charge is 0.251 e. The van der Waals surface area contributed by atoms with Crippen LogP contribution in [0.1, 0.15) is 18.4 Å². The Bertz CT molecular complexity index is 974. The molecule has 1 aliphatic heterocycles. The van der Waals surface area contributed by atoms with E-state index in [4.69, 9.17) is 6.57 Å².